The largest absolute Gasteiger partial charge is 0.453 e. The lowest BCUT2D eigenvalue weighted by molar-refractivity contribution is -0.119. The molecule has 1 N–H and O–H groups in total. The summed E-state index contributed by atoms with van der Waals surface area (Å²) in [6, 6.07) is 9.82. The Morgan fingerprint density at radius 3 is 3.04 bits per heavy atom. The number of carbonyl (C=O) groups is 1. The number of carbonyl (C=O) groups excluding carboxylic acids is 1. The highest BCUT2D eigenvalue weighted by Crippen LogP contribution is 2.29. The standard InChI is InChI=1S/C19H22N4O3S/c1-2-23-18(16-10-13-6-3-4-8-15(13)26-16)21-22-19(23)27-12-17(24)20-11-14-7-5-9-25-14/h3-4,6,8,10,14H,2,5,7,9,11-12H2,1H3,(H,20,24)/t14-/m0/s1. The number of fused-ring (bicyclic) bond motifs is 1. The lowest BCUT2D eigenvalue weighted by Gasteiger charge is -2.10. The van der Waals surface area contributed by atoms with Crippen LogP contribution in [0.4, 0.5) is 0 Å². The maximum atomic E-state index is 12.1. The number of furan rings is 1. The van der Waals surface area contributed by atoms with E-state index in [0.717, 1.165) is 30.4 Å². The lowest BCUT2D eigenvalue weighted by atomic mass is 10.2. The summed E-state index contributed by atoms with van der Waals surface area (Å²) < 4.78 is 13.4. The molecule has 7 nitrogen and oxygen atoms in total. The second kappa shape index (κ2) is 8.14. The van der Waals surface area contributed by atoms with Crippen molar-refractivity contribution in [2.75, 3.05) is 18.9 Å². The third-order valence-corrected chi connectivity index (χ3v) is 5.53. The Kier molecular flexibility index (Phi) is 5.45. The smallest absolute Gasteiger partial charge is 0.230 e. The van der Waals surface area contributed by atoms with Crippen LogP contribution in [-0.4, -0.2) is 45.7 Å². The first-order valence-corrected chi connectivity index (χ1v) is 10.2. The van der Waals surface area contributed by atoms with Crippen molar-refractivity contribution in [3.63, 3.8) is 0 Å². The molecule has 0 aliphatic carbocycles. The quantitative estimate of drug-likeness (QED) is 0.629. The lowest BCUT2D eigenvalue weighted by Crippen LogP contribution is -2.32. The van der Waals surface area contributed by atoms with Crippen LogP contribution in [0.2, 0.25) is 0 Å². The molecule has 1 aromatic carbocycles. The van der Waals surface area contributed by atoms with Crippen LogP contribution in [0.3, 0.4) is 0 Å². The summed E-state index contributed by atoms with van der Waals surface area (Å²) in [5.41, 5.74) is 0.820. The van der Waals surface area contributed by atoms with Crippen molar-refractivity contribution in [3.05, 3.63) is 30.3 Å². The van der Waals surface area contributed by atoms with Crippen molar-refractivity contribution in [1.29, 1.82) is 0 Å². The number of amides is 1. The normalized spacial score (nSPS) is 16.9. The van der Waals surface area contributed by atoms with Gasteiger partial charge >= 0.3 is 0 Å². The van der Waals surface area contributed by atoms with Gasteiger partial charge in [-0.25, -0.2) is 0 Å². The third-order valence-electron chi connectivity index (χ3n) is 4.56. The highest BCUT2D eigenvalue weighted by atomic mass is 32.2. The summed E-state index contributed by atoms with van der Waals surface area (Å²) >= 11 is 1.38. The van der Waals surface area contributed by atoms with Crippen molar-refractivity contribution in [1.82, 2.24) is 20.1 Å². The van der Waals surface area contributed by atoms with E-state index in [1.807, 2.05) is 41.8 Å². The Hall–Kier alpha value is -2.32. The minimum Gasteiger partial charge on any atom is -0.453 e. The first-order valence-electron chi connectivity index (χ1n) is 9.18. The number of hydrogen-bond donors (Lipinski definition) is 1. The van der Waals surface area contributed by atoms with E-state index < -0.39 is 0 Å². The van der Waals surface area contributed by atoms with E-state index in [1.165, 1.54) is 11.8 Å². The molecule has 27 heavy (non-hydrogen) atoms. The van der Waals surface area contributed by atoms with E-state index in [9.17, 15) is 4.79 Å². The fourth-order valence-corrected chi connectivity index (χ4v) is 4.00. The Bertz CT molecular complexity index is 897. The van der Waals surface area contributed by atoms with Crippen molar-refractivity contribution in [2.24, 2.45) is 0 Å². The molecular weight excluding hydrogens is 364 g/mol. The summed E-state index contributed by atoms with van der Waals surface area (Å²) in [5.74, 6) is 1.63. The molecule has 1 aliphatic heterocycles. The number of hydrogen-bond acceptors (Lipinski definition) is 6. The van der Waals surface area contributed by atoms with Gasteiger partial charge in [-0.1, -0.05) is 30.0 Å². The SMILES string of the molecule is CCn1c(SCC(=O)NC[C@@H]2CCCO2)nnc1-c1cc2ccccc2o1. The van der Waals surface area contributed by atoms with Crippen LogP contribution in [0.5, 0.6) is 0 Å². The van der Waals surface area contributed by atoms with Crippen LogP contribution >= 0.6 is 11.8 Å². The van der Waals surface area contributed by atoms with Crippen LogP contribution in [-0.2, 0) is 16.1 Å². The zero-order valence-electron chi connectivity index (χ0n) is 15.2. The van der Waals surface area contributed by atoms with Gasteiger partial charge in [-0.2, -0.15) is 0 Å². The van der Waals surface area contributed by atoms with Gasteiger partial charge in [0.2, 0.25) is 11.7 Å². The van der Waals surface area contributed by atoms with Gasteiger partial charge in [-0.05, 0) is 31.9 Å². The third kappa shape index (κ3) is 4.01. The summed E-state index contributed by atoms with van der Waals surface area (Å²) in [6.07, 6.45) is 2.23. The molecule has 4 rings (SSSR count). The van der Waals surface area contributed by atoms with Crippen molar-refractivity contribution >= 4 is 28.6 Å². The van der Waals surface area contributed by atoms with Gasteiger partial charge in [-0.15, -0.1) is 10.2 Å². The van der Waals surface area contributed by atoms with E-state index in [2.05, 4.69) is 15.5 Å². The summed E-state index contributed by atoms with van der Waals surface area (Å²) in [6.45, 7) is 4.08. The average Bonchev–Trinajstić information content (AvgIpc) is 3.43. The van der Waals surface area contributed by atoms with E-state index in [1.54, 1.807) is 0 Å². The molecule has 1 atom stereocenters. The van der Waals surface area contributed by atoms with Gasteiger partial charge in [0.25, 0.3) is 0 Å². The monoisotopic (exact) mass is 386 g/mol. The molecule has 2 aromatic heterocycles. The number of nitrogens with zero attached hydrogens (tertiary/aromatic N) is 3. The number of nitrogens with one attached hydrogen (secondary N) is 1. The molecule has 1 fully saturated rings. The van der Waals surface area contributed by atoms with Crippen molar-refractivity contribution in [2.45, 2.75) is 37.6 Å². The Balaban J connectivity index is 1.42. The highest BCUT2D eigenvalue weighted by molar-refractivity contribution is 7.99. The molecule has 0 spiro atoms. The Labute approximate surface area is 161 Å². The predicted molar refractivity (Wildman–Crippen MR) is 104 cm³/mol. The minimum atomic E-state index is -0.0218. The first-order chi connectivity index (χ1) is 13.2. The number of thioether (sulfide) groups is 1. The second-order valence-corrected chi connectivity index (χ2v) is 7.37. The molecule has 1 amide bonds. The maximum absolute atomic E-state index is 12.1. The van der Waals surface area contributed by atoms with Crippen LogP contribution in [0.25, 0.3) is 22.6 Å². The average molecular weight is 386 g/mol. The highest BCUT2D eigenvalue weighted by Gasteiger charge is 2.19. The van der Waals surface area contributed by atoms with E-state index >= 15 is 0 Å². The van der Waals surface area contributed by atoms with Gasteiger partial charge in [-0.3, -0.25) is 9.36 Å². The zero-order valence-corrected chi connectivity index (χ0v) is 16.0. The van der Waals surface area contributed by atoms with E-state index in [4.69, 9.17) is 9.15 Å². The number of benzene rings is 1. The fraction of sp³-hybridized carbons (Fsp3) is 0.421. The van der Waals surface area contributed by atoms with Crippen LogP contribution in [0, 0.1) is 0 Å². The summed E-state index contributed by atoms with van der Waals surface area (Å²) in [5, 5.41) is 13.2. The molecule has 3 aromatic rings. The first kappa shape index (κ1) is 18.1. The van der Waals surface area contributed by atoms with E-state index in [0.29, 0.717) is 35.6 Å². The molecule has 3 heterocycles. The minimum absolute atomic E-state index is 0.0218. The number of para-hydroxylation sites is 1. The maximum Gasteiger partial charge on any atom is 0.230 e. The Morgan fingerprint density at radius 1 is 1.37 bits per heavy atom. The molecule has 8 heteroatoms. The van der Waals surface area contributed by atoms with Gasteiger partial charge in [0.05, 0.1) is 11.9 Å². The molecule has 0 unspecified atom stereocenters. The Morgan fingerprint density at radius 2 is 2.26 bits per heavy atom. The molecule has 1 aliphatic rings. The molecule has 0 radical (unpaired) electrons. The van der Waals surface area contributed by atoms with Crippen molar-refractivity contribution in [3.8, 4) is 11.6 Å². The molecule has 1 saturated heterocycles. The van der Waals surface area contributed by atoms with Crippen LogP contribution < -0.4 is 5.32 Å². The van der Waals surface area contributed by atoms with Gasteiger partial charge in [0.1, 0.15) is 5.58 Å². The zero-order chi connectivity index (χ0) is 18.6. The van der Waals surface area contributed by atoms with Crippen LogP contribution in [0.1, 0.15) is 19.8 Å². The molecule has 142 valence electrons. The number of aromatic nitrogens is 3. The van der Waals surface area contributed by atoms with Crippen molar-refractivity contribution < 1.29 is 13.9 Å². The van der Waals surface area contributed by atoms with Gasteiger partial charge in [0.15, 0.2) is 10.9 Å². The number of rotatable bonds is 7. The molecule has 0 saturated carbocycles. The number of ether oxygens (including phenoxy) is 1. The topological polar surface area (TPSA) is 82.2 Å². The summed E-state index contributed by atoms with van der Waals surface area (Å²) in [7, 11) is 0. The summed E-state index contributed by atoms with van der Waals surface area (Å²) in [4.78, 5) is 12.1. The van der Waals surface area contributed by atoms with E-state index in [-0.39, 0.29) is 12.0 Å². The fourth-order valence-electron chi connectivity index (χ4n) is 3.17. The van der Waals surface area contributed by atoms with Crippen LogP contribution in [0.15, 0.2) is 39.9 Å². The predicted octanol–water partition coefficient (Wildman–Crippen LogP) is 3.10. The van der Waals surface area contributed by atoms with Gasteiger partial charge in [0, 0.05) is 25.1 Å². The second-order valence-electron chi connectivity index (χ2n) is 6.43. The molecule has 0 bridgehead atoms. The molecular formula is C19H22N4O3S. The van der Waals surface area contributed by atoms with Gasteiger partial charge < -0.3 is 14.5 Å².